The van der Waals surface area contributed by atoms with E-state index in [1.165, 1.54) is 24.3 Å². The summed E-state index contributed by atoms with van der Waals surface area (Å²) in [6, 6.07) is 19.5. The Kier molecular flexibility index (Phi) is 5.14. The van der Waals surface area contributed by atoms with Gasteiger partial charge in [0.2, 0.25) is 5.82 Å². The summed E-state index contributed by atoms with van der Waals surface area (Å²) in [5.74, 6) is -0.208. The first kappa shape index (κ1) is 19.5. The highest BCUT2D eigenvalue weighted by Gasteiger charge is 2.20. The van der Waals surface area contributed by atoms with Gasteiger partial charge in [-0.1, -0.05) is 35.9 Å². The number of carbonyl (C=O) groups excluding carboxylic acids is 1. The Bertz CT molecular complexity index is 1230. The zero-order valence-corrected chi connectivity index (χ0v) is 17.0. The molecule has 30 heavy (non-hydrogen) atoms. The van der Waals surface area contributed by atoms with Gasteiger partial charge in [0.1, 0.15) is 5.82 Å². The molecule has 0 saturated carbocycles. The monoisotopic (exact) mass is 400 g/mol. The van der Waals surface area contributed by atoms with Gasteiger partial charge in [-0.25, -0.2) is 14.1 Å². The molecule has 1 aromatic heterocycles. The predicted molar refractivity (Wildman–Crippen MR) is 115 cm³/mol. The van der Waals surface area contributed by atoms with Crippen LogP contribution in [0.5, 0.6) is 0 Å². The van der Waals surface area contributed by atoms with Crippen LogP contribution in [0.15, 0.2) is 66.7 Å². The molecule has 0 aliphatic carbocycles. The molecule has 150 valence electrons. The highest BCUT2D eigenvalue weighted by molar-refractivity contribution is 6.01. The molecule has 1 heterocycles. The maximum Gasteiger partial charge on any atom is 0.295 e. The normalized spacial score (nSPS) is 10.8. The molecular formula is C24H21FN4O. The zero-order valence-electron chi connectivity index (χ0n) is 17.0. The molecule has 3 aromatic carbocycles. The highest BCUT2D eigenvalue weighted by atomic mass is 19.1. The van der Waals surface area contributed by atoms with Crippen molar-refractivity contribution >= 4 is 11.6 Å². The fraction of sp³-hybridized carbons (Fsp3) is 0.125. The lowest BCUT2D eigenvalue weighted by atomic mass is 10.1. The molecule has 1 amide bonds. The molecule has 4 aromatic rings. The second-order valence-corrected chi connectivity index (χ2v) is 7.29. The number of hydrogen-bond donors (Lipinski definition) is 1. The molecule has 0 saturated heterocycles. The Labute approximate surface area is 174 Å². The minimum absolute atomic E-state index is 0.0386. The van der Waals surface area contributed by atoms with Crippen LogP contribution in [0.4, 0.5) is 10.1 Å². The Balaban J connectivity index is 1.80. The van der Waals surface area contributed by atoms with E-state index in [0.29, 0.717) is 11.5 Å². The second-order valence-electron chi connectivity index (χ2n) is 7.29. The average Bonchev–Trinajstić information content (AvgIpc) is 3.17. The first-order valence-electron chi connectivity index (χ1n) is 9.59. The summed E-state index contributed by atoms with van der Waals surface area (Å²) in [5, 5.41) is 7.24. The van der Waals surface area contributed by atoms with Crippen LogP contribution >= 0.6 is 0 Å². The lowest BCUT2D eigenvalue weighted by Gasteiger charge is -2.10. The van der Waals surface area contributed by atoms with Crippen molar-refractivity contribution in [3.05, 3.63) is 95.1 Å². The standard InChI is InChI=1S/C24H21FN4O/c1-15-5-4-6-18(13-15)23-27-22(24(30)26-20-11-9-19(25)10-12-20)28-29(23)21-14-16(2)7-8-17(21)3/h4-14H,1-3H3,(H,26,30). The van der Waals surface area contributed by atoms with Gasteiger partial charge in [0, 0.05) is 11.3 Å². The third kappa shape index (κ3) is 3.98. The van der Waals surface area contributed by atoms with Crippen molar-refractivity contribution < 1.29 is 9.18 Å². The van der Waals surface area contributed by atoms with Gasteiger partial charge in [0.25, 0.3) is 5.91 Å². The van der Waals surface area contributed by atoms with Crippen LogP contribution in [-0.4, -0.2) is 20.7 Å². The van der Waals surface area contributed by atoms with Crippen molar-refractivity contribution in [2.24, 2.45) is 0 Å². The minimum Gasteiger partial charge on any atom is -0.319 e. The fourth-order valence-corrected chi connectivity index (χ4v) is 3.22. The zero-order chi connectivity index (χ0) is 21.3. The lowest BCUT2D eigenvalue weighted by molar-refractivity contribution is 0.101. The average molecular weight is 400 g/mol. The summed E-state index contributed by atoms with van der Waals surface area (Å²) in [6.07, 6.45) is 0. The minimum atomic E-state index is -0.459. The van der Waals surface area contributed by atoms with Gasteiger partial charge in [-0.15, -0.1) is 5.10 Å². The topological polar surface area (TPSA) is 59.8 Å². The molecule has 0 aliphatic rings. The molecule has 0 radical (unpaired) electrons. The van der Waals surface area contributed by atoms with Gasteiger partial charge in [-0.2, -0.15) is 0 Å². The summed E-state index contributed by atoms with van der Waals surface area (Å²) in [7, 11) is 0. The van der Waals surface area contributed by atoms with Crippen molar-refractivity contribution in [1.29, 1.82) is 0 Å². The van der Waals surface area contributed by atoms with Crippen LogP contribution in [-0.2, 0) is 0 Å². The highest BCUT2D eigenvalue weighted by Crippen LogP contribution is 2.25. The van der Waals surface area contributed by atoms with Crippen LogP contribution in [0.1, 0.15) is 27.3 Å². The number of amides is 1. The molecule has 1 N–H and O–H groups in total. The van der Waals surface area contributed by atoms with E-state index in [1.807, 2.05) is 63.2 Å². The van der Waals surface area contributed by atoms with E-state index in [4.69, 9.17) is 0 Å². The van der Waals surface area contributed by atoms with E-state index in [-0.39, 0.29) is 11.6 Å². The van der Waals surface area contributed by atoms with Gasteiger partial charge in [-0.3, -0.25) is 4.79 Å². The first-order valence-corrected chi connectivity index (χ1v) is 9.59. The first-order chi connectivity index (χ1) is 14.4. The van der Waals surface area contributed by atoms with E-state index < -0.39 is 5.91 Å². The number of aryl methyl sites for hydroxylation is 3. The predicted octanol–water partition coefficient (Wildman–Crippen LogP) is 5.25. The van der Waals surface area contributed by atoms with Gasteiger partial charge >= 0.3 is 0 Å². The summed E-state index contributed by atoms with van der Waals surface area (Å²) in [5.41, 5.74) is 5.38. The van der Waals surface area contributed by atoms with E-state index in [1.54, 1.807) is 4.68 Å². The molecule has 0 fully saturated rings. The second kappa shape index (κ2) is 7.91. The van der Waals surface area contributed by atoms with E-state index in [9.17, 15) is 9.18 Å². The SMILES string of the molecule is Cc1cccc(-c2nc(C(=O)Nc3ccc(F)cc3)nn2-c2cc(C)ccc2C)c1. The Hall–Kier alpha value is -3.80. The number of benzene rings is 3. The largest absolute Gasteiger partial charge is 0.319 e. The van der Waals surface area contributed by atoms with E-state index in [0.717, 1.165) is 27.9 Å². The fourth-order valence-electron chi connectivity index (χ4n) is 3.22. The number of hydrogen-bond acceptors (Lipinski definition) is 3. The molecule has 0 aliphatic heterocycles. The van der Waals surface area contributed by atoms with Crippen LogP contribution in [0, 0.1) is 26.6 Å². The number of nitrogens with one attached hydrogen (secondary N) is 1. The number of anilines is 1. The van der Waals surface area contributed by atoms with Crippen molar-refractivity contribution in [2.75, 3.05) is 5.32 Å². The lowest BCUT2D eigenvalue weighted by Crippen LogP contribution is -2.14. The van der Waals surface area contributed by atoms with Crippen LogP contribution < -0.4 is 5.32 Å². The molecule has 0 bridgehead atoms. The maximum absolute atomic E-state index is 13.1. The molecule has 5 nitrogen and oxygen atoms in total. The summed E-state index contributed by atoms with van der Waals surface area (Å²) in [6.45, 7) is 6.01. The Morgan fingerprint density at radius 2 is 1.67 bits per heavy atom. The number of aromatic nitrogens is 3. The van der Waals surface area contributed by atoms with Gasteiger partial charge < -0.3 is 5.32 Å². The quantitative estimate of drug-likeness (QED) is 0.509. The molecule has 6 heteroatoms. The van der Waals surface area contributed by atoms with Gasteiger partial charge in [-0.05, 0) is 68.3 Å². The van der Waals surface area contributed by atoms with Gasteiger partial charge in [0.15, 0.2) is 5.82 Å². The Morgan fingerprint density at radius 1 is 0.933 bits per heavy atom. The van der Waals surface area contributed by atoms with E-state index in [2.05, 4.69) is 15.4 Å². The number of rotatable bonds is 4. The number of carbonyl (C=O) groups is 1. The van der Waals surface area contributed by atoms with Crippen molar-refractivity contribution in [3.63, 3.8) is 0 Å². The molecule has 4 rings (SSSR count). The molecule has 0 spiro atoms. The van der Waals surface area contributed by atoms with E-state index >= 15 is 0 Å². The Morgan fingerprint density at radius 3 is 2.40 bits per heavy atom. The number of nitrogens with zero attached hydrogens (tertiary/aromatic N) is 3. The van der Waals surface area contributed by atoms with Crippen LogP contribution in [0.2, 0.25) is 0 Å². The van der Waals surface area contributed by atoms with Crippen LogP contribution in [0.3, 0.4) is 0 Å². The van der Waals surface area contributed by atoms with Crippen molar-refractivity contribution in [3.8, 4) is 17.1 Å². The molecule has 0 atom stereocenters. The summed E-state index contributed by atoms with van der Waals surface area (Å²) in [4.78, 5) is 17.4. The van der Waals surface area contributed by atoms with Gasteiger partial charge in [0.05, 0.1) is 5.69 Å². The van der Waals surface area contributed by atoms with Crippen molar-refractivity contribution in [2.45, 2.75) is 20.8 Å². The maximum atomic E-state index is 13.1. The van der Waals surface area contributed by atoms with Crippen molar-refractivity contribution in [1.82, 2.24) is 14.8 Å². The summed E-state index contributed by atoms with van der Waals surface area (Å²) < 4.78 is 14.8. The third-order valence-corrected chi connectivity index (χ3v) is 4.78. The number of halogens is 1. The smallest absolute Gasteiger partial charge is 0.295 e. The molecule has 0 unspecified atom stereocenters. The van der Waals surface area contributed by atoms with Crippen LogP contribution in [0.25, 0.3) is 17.1 Å². The third-order valence-electron chi connectivity index (χ3n) is 4.78. The molecular weight excluding hydrogens is 379 g/mol. The summed E-state index contributed by atoms with van der Waals surface area (Å²) >= 11 is 0.